The maximum atomic E-state index is 11.3. The lowest BCUT2D eigenvalue weighted by molar-refractivity contribution is 0.424. The molecule has 0 saturated heterocycles. The standard InChI is InChI=1S/C15H23O.2C4H9.Al/c1-10-8-11(14(2,3)4)13(16)12(9-10)15(5,6)7;2*1-4(2)3;/h8,16H,1-7H3;2*4H,1H2,2-3H3;. The van der Waals surface area contributed by atoms with Crippen LogP contribution < -0.4 is 4.43 Å². The fraction of sp³-hybridized carbons (Fsp3) is 0.739. The average Bonchev–Trinajstić information content (AvgIpc) is 2.35. The number of aryl methyl sites for hydroxylation is 1. The summed E-state index contributed by atoms with van der Waals surface area (Å²) in [4.78, 5) is 0. The summed E-state index contributed by atoms with van der Waals surface area (Å²) in [6.07, 6.45) is 0. The Hall–Kier alpha value is -0.448. The lowest BCUT2D eigenvalue weighted by atomic mass is 9.78. The van der Waals surface area contributed by atoms with Gasteiger partial charge in [0.25, 0.3) is 0 Å². The van der Waals surface area contributed by atoms with Gasteiger partial charge in [-0.25, -0.2) is 0 Å². The first-order valence-corrected chi connectivity index (χ1v) is 12.2. The molecule has 0 aliphatic heterocycles. The van der Waals surface area contributed by atoms with Crippen LogP contribution in [0.2, 0.25) is 10.6 Å². The first-order chi connectivity index (χ1) is 11.2. The number of phenols is 1. The number of aromatic hydroxyl groups is 1. The Labute approximate surface area is 161 Å². The van der Waals surface area contributed by atoms with Crippen LogP contribution in [0.25, 0.3) is 0 Å². The molecule has 1 aromatic rings. The summed E-state index contributed by atoms with van der Waals surface area (Å²) in [6, 6.07) is 2.28. The van der Waals surface area contributed by atoms with Crippen molar-refractivity contribution in [3.05, 3.63) is 22.8 Å². The monoisotopic (exact) mass is 360 g/mol. The molecule has 25 heavy (non-hydrogen) atoms. The van der Waals surface area contributed by atoms with E-state index in [2.05, 4.69) is 82.2 Å². The van der Waals surface area contributed by atoms with E-state index in [1.54, 1.807) is 4.43 Å². The van der Waals surface area contributed by atoms with Gasteiger partial charge in [-0.2, -0.15) is 0 Å². The number of hydrogen-bond acceptors (Lipinski definition) is 1. The minimum atomic E-state index is -1.15. The number of hydrogen-bond donors (Lipinski definition) is 1. The molecule has 0 bridgehead atoms. The van der Waals surface area contributed by atoms with Crippen molar-refractivity contribution in [2.24, 2.45) is 11.8 Å². The van der Waals surface area contributed by atoms with Gasteiger partial charge in [-0.3, -0.25) is 0 Å². The van der Waals surface area contributed by atoms with Gasteiger partial charge in [-0.05, 0) is 28.9 Å². The van der Waals surface area contributed by atoms with E-state index in [0.29, 0.717) is 17.6 Å². The molecule has 0 amide bonds. The van der Waals surface area contributed by atoms with Crippen LogP contribution in [0.4, 0.5) is 0 Å². The van der Waals surface area contributed by atoms with Crippen LogP contribution in [0.5, 0.6) is 5.75 Å². The van der Waals surface area contributed by atoms with Crippen LogP contribution in [-0.4, -0.2) is 19.3 Å². The summed E-state index contributed by atoms with van der Waals surface area (Å²) in [5.74, 6) is 1.99. The topological polar surface area (TPSA) is 20.2 Å². The Morgan fingerprint density at radius 3 is 1.64 bits per heavy atom. The fourth-order valence-electron chi connectivity index (χ4n) is 4.15. The molecule has 1 rings (SSSR count). The minimum Gasteiger partial charge on any atom is -0.507 e. The van der Waals surface area contributed by atoms with Gasteiger partial charge in [0.05, 0.1) is 0 Å². The van der Waals surface area contributed by atoms with Crippen molar-refractivity contribution in [1.82, 2.24) is 0 Å². The van der Waals surface area contributed by atoms with Crippen LogP contribution in [-0.2, 0) is 10.8 Å². The molecule has 1 nitrogen and oxygen atoms in total. The second-order valence-electron chi connectivity index (χ2n) is 10.8. The lowest BCUT2D eigenvalue weighted by Gasteiger charge is -2.33. The second kappa shape index (κ2) is 8.06. The summed E-state index contributed by atoms with van der Waals surface area (Å²) in [7, 11) is 0. The van der Waals surface area contributed by atoms with Crippen molar-refractivity contribution in [2.75, 3.05) is 0 Å². The molecule has 0 heterocycles. The third kappa shape index (κ3) is 5.77. The molecule has 0 saturated carbocycles. The SMILES string of the molecule is Cc1cc(C(C)(C)C)c(O)c(C(C)(C)C)[c]1[Al]([CH2]C(C)C)[CH2]C(C)C. The van der Waals surface area contributed by atoms with Crippen molar-refractivity contribution in [3.63, 3.8) is 0 Å². The Kier molecular flexibility index (Phi) is 7.28. The maximum absolute atomic E-state index is 11.3. The Morgan fingerprint density at radius 1 is 0.880 bits per heavy atom. The number of rotatable bonds is 5. The molecule has 0 aromatic heterocycles. The Balaban J connectivity index is 3.75. The number of benzene rings is 1. The normalized spacial score (nSPS) is 13.0. The van der Waals surface area contributed by atoms with E-state index in [0.717, 1.165) is 5.56 Å². The highest BCUT2D eigenvalue weighted by molar-refractivity contribution is 6.74. The molecular formula is C23H41AlO. The smallest absolute Gasteiger partial charge is 0.307 e. The third-order valence-electron chi connectivity index (χ3n) is 5.03. The van der Waals surface area contributed by atoms with Crippen molar-refractivity contribution in [1.29, 1.82) is 0 Å². The van der Waals surface area contributed by atoms with Crippen LogP contribution in [0.1, 0.15) is 85.9 Å². The summed E-state index contributed by atoms with van der Waals surface area (Å²) >= 11 is -1.15. The largest absolute Gasteiger partial charge is 0.507 e. The van der Waals surface area contributed by atoms with Crippen LogP contribution in [0.3, 0.4) is 0 Å². The number of phenolic OH excluding ortho intramolecular Hbond substituents is 1. The zero-order valence-electron chi connectivity index (χ0n) is 18.7. The van der Waals surface area contributed by atoms with Crippen molar-refractivity contribution < 1.29 is 5.11 Å². The Bertz CT molecular complexity index is 576. The van der Waals surface area contributed by atoms with Gasteiger partial charge in [0.2, 0.25) is 0 Å². The van der Waals surface area contributed by atoms with E-state index >= 15 is 0 Å². The zero-order chi connectivity index (χ0) is 19.7. The molecule has 0 fully saturated rings. The second-order valence-corrected chi connectivity index (χ2v) is 13.7. The maximum Gasteiger partial charge on any atom is 0.307 e. The van der Waals surface area contributed by atoms with E-state index < -0.39 is 14.1 Å². The highest BCUT2D eigenvalue weighted by atomic mass is 27.2. The van der Waals surface area contributed by atoms with Gasteiger partial charge >= 0.3 is 14.1 Å². The molecular weight excluding hydrogens is 319 g/mol. The van der Waals surface area contributed by atoms with E-state index in [1.165, 1.54) is 21.7 Å². The minimum absolute atomic E-state index is 0.0371. The third-order valence-corrected chi connectivity index (χ3v) is 9.61. The molecule has 1 N–H and O–H groups in total. The molecule has 0 spiro atoms. The van der Waals surface area contributed by atoms with Crippen molar-refractivity contribution in [3.8, 4) is 5.75 Å². The van der Waals surface area contributed by atoms with Crippen LogP contribution >= 0.6 is 0 Å². The van der Waals surface area contributed by atoms with E-state index in [1.807, 2.05) is 0 Å². The molecule has 0 atom stereocenters. The summed E-state index contributed by atoms with van der Waals surface area (Å²) in [6.45, 7) is 25.0. The van der Waals surface area contributed by atoms with Gasteiger partial charge in [0.15, 0.2) is 0 Å². The predicted octanol–water partition coefficient (Wildman–Crippen LogP) is 6.31. The van der Waals surface area contributed by atoms with E-state index in [-0.39, 0.29) is 10.8 Å². The summed E-state index contributed by atoms with van der Waals surface area (Å²) < 4.78 is 1.54. The lowest BCUT2D eigenvalue weighted by Crippen LogP contribution is -2.41. The van der Waals surface area contributed by atoms with Gasteiger partial charge in [0.1, 0.15) is 5.75 Å². The molecule has 0 aliphatic rings. The predicted molar refractivity (Wildman–Crippen MR) is 115 cm³/mol. The van der Waals surface area contributed by atoms with E-state index in [4.69, 9.17) is 0 Å². The van der Waals surface area contributed by atoms with Crippen molar-refractivity contribution in [2.45, 2.75) is 97.6 Å². The highest BCUT2D eigenvalue weighted by Gasteiger charge is 2.34. The molecule has 142 valence electrons. The fourth-order valence-corrected chi connectivity index (χ4v) is 8.79. The zero-order valence-corrected chi connectivity index (χ0v) is 19.8. The first kappa shape index (κ1) is 22.6. The summed E-state index contributed by atoms with van der Waals surface area (Å²) in [5.41, 5.74) is 3.66. The molecule has 2 heteroatoms. The van der Waals surface area contributed by atoms with Gasteiger partial charge in [-0.1, -0.05) is 103 Å². The van der Waals surface area contributed by atoms with E-state index in [9.17, 15) is 5.11 Å². The highest BCUT2D eigenvalue weighted by Crippen LogP contribution is 2.39. The summed E-state index contributed by atoms with van der Waals surface area (Å²) in [5, 5.41) is 13.9. The van der Waals surface area contributed by atoms with Gasteiger partial charge < -0.3 is 5.11 Å². The first-order valence-electron chi connectivity index (χ1n) is 10.0. The van der Waals surface area contributed by atoms with Crippen molar-refractivity contribution >= 4 is 18.6 Å². The average molecular weight is 361 g/mol. The van der Waals surface area contributed by atoms with Gasteiger partial charge in [-0.15, -0.1) is 4.43 Å². The van der Waals surface area contributed by atoms with Gasteiger partial charge in [0, 0.05) is 0 Å². The van der Waals surface area contributed by atoms with Crippen LogP contribution in [0, 0.1) is 18.8 Å². The quantitative estimate of drug-likeness (QED) is 0.610. The molecule has 0 unspecified atom stereocenters. The molecule has 0 aliphatic carbocycles. The molecule has 1 aromatic carbocycles. The molecule has 0 radical (unpaired) electrons. The Morgan fingerprint density at radius 2 is 1.32 bits per heavy atom. The van der Waals surface area contributed by atoms with Crippen LogP contribution in [0.15, 0.2) is 6.07 Å².